The van der Waals surface area contributed by atoms with E-state index in [-0.39, 0.29) is 0 Å². The van der Waals surface area contributed by atoms with E-state index in [2.05, 4.69) is 0 Å². The van der Waals surface area contributed by atoms with Gasteiger partial charge in [0.15, 0.2) is 0 Å². The lowest BCUT2D eigenvalue weighted by Crippen LogP contribution is -2.32. The molecular weight excluding hydrogens is 378 g/mol. The summed E-state index contributed by atoms with van der Waals surface area (Å²) in [5.74, 6) is -7.49. The van der Waals surface area contributed by atoms with Gasteiger partial charge in [-0.3, -0.25) is 28.8 Å². The van der Waals surface area contributed by atoms with E-state index < -0.39 is 73.2 Å². The summed E-state index contributed by atoms with van der Waals surface area (Å²) >= 11 is 0. The molecule has 0 fully saturated rings. The summed E-state index contributed by atoms with van der Waals surface area (Å²) in [7, 11) is 0. The Morgan fingerprint density at radius 2 is 0.630 bits per heavy atom. The van der Waals surface area contributed by atoms with Crippen LogP contribution in [0.5, 0.6) is 0 Å². The average molecular weight is 399 g/mol. The highest BCUT2D eigenvalue weighted by molar-refractivity contribution is 5.81. The molecule has 12 N–H and O–H groups in total. The second-order valence-electron chi connectivity index (χ2n) is 4.63. The lowest BCUT2D eigenvalue weighted by atomic mass is 10.2. The molecule has 0 saturated heterocycles. The Morgan fingerprint density at radius 3 is 0.667 bits per heavy atom. The van der Waals surface area contributed by atoms with Crippen LogP contribution in [0.1, 0.15) is 19.3 Å². The number of rotatable bonds is 9. The first-order chi connectivity index (χ1) is 12.1. The van der Waals surface area contributed by atoms with E-state index in [0.717, 1.165) is 0 Å². The number of hydrogen-bond acceptors (Lipinski definition) is 9. The molecule has 27 heavy (non-hydrogen) atoms. The van der Waals surface area contributed by atoms with Crippen LogP contribution in [-0.4, -0.2) is 84.6 Å². The number of carboxylic acids is 6. The Balaban J connectivity index is -0.000000320. The van der Waals surface area contributed by atoms with Crippen molar-refractivity contribution in [3.8, 4) is 0 Å². The molecule has 3 atom stereocenters. The van der Waals surface area contributed by atoms with Gasteiger partial charge in [-0.1, -0.05) is 0 Å². The van der Waals surface area contributed by atoms with Crippen LogP contribution in [-0.2, 0) is 28.8 Å². The Kier molecular flexibility index (Phi) is 15.8. The summed E-state index contributed by atoms with van der Waals surface area (Å²) in [5.41, 5.74) is 14.5. The molecule has 0 rings (SSSR count). The third kappa shape index (κ3) is 22.7. The SMILES string of the molecule is N[C@@H](CC(=O)O)C(=O)O.N[C@@H](CC(=O)O)C(=O)O.N[C@@H](CC(=O)O)C(=O)O. The molecule has 0 aliphatic heterocycles. The lowest BCUT2D eigenvalue weighted by Gasteiger charge is -1.99. The third-order valence-electron chi connectivity index (χ3n) is 2.14. The first-order valence-electron chi connectivity index (χ1n) is 6.72. The van der Waals surface area contributed by atoms with Crippen LogP contribution in [0.15, 0.2) is 0 Å². The maximum Gasteiger partial charge on any atom is 0.321 e. The van der Waals surface area contributed by atoms with Crippen LogP contribution in [0, 0.1) is 0 Å². The maximum absolute atomic E-state index is 9.85. The molecule has 15 heteroatoms. The van der Waals surface area contributed by atoms with Gasteiger partial charge in [-0.2, -0.15) is 0 Å². The Hall–Kier alpha value is -3.30. The largest absolute Gasteiger partial charge is 0.481 e. The minimum absolute atomic E-state index is 0.532. The molecule has 0 aromatic rings. The van der Waals surface area contributed by atoms with E-state index >= 15 is 0 Å². The standard InChI is InChI=1S/3C4H7NO4/c3*5-2(4(8)9)1-3(6)7/h3*2H,1,5H2,(H,6,7)(H,8,9)/t3*2-/m000/s1. The van der Waals surface area contributed by atoms with Crippen molar-refractivity contribution < 1.29 is 59.4 Å². The molecule has 0 amide bonds. The predicted octanol–water partition coefficient (Wildman–Crippen LogP) is -3.38. The van der Waals surface area contributed by atoms with Gasteiger partial charge in [0.2, 0.25) is 0 Å². The molecule has 15 nitrogen and oxygen atoms in total. The zero-order valence-electron chi connectivity index (χ0n) is 13.7. The smallest absolute Gasteiger partial charge is 0.321 e. The summed E-state index contributed by atoms with van der Waals surface area (Å²) in [4.78, 5) is 58.9. The number of aliphatic carboxylic acids is 6. The molecule has 0 saturated carbocycles. The van der Waals surface area contributed by atoms with Crippen molar-refractivity contribution in [3.05, 3.63) is 0 Å². The van der Waals surface area contributed by atoms with E-state index in [1.165, 1.54) is 0 Å². The second kappa shape index (κ2) is 15.0. The average Bonchev–Trinajstić information content (AvgIpc) is 2.46. The fourth-order valence-electron chi connectivity index (χ4n) is 0.826. The number of carbonyl (C=O) groups is 6. The molecule has 0 bridgehead atoms. The van der Waals surface area contributed by atoms with Gasteiger partial charge in [-0.15, -0.1) is 0 Å². The van der Waals surface area contributed by atoms with Crippen molar-refractivity contribution in [2.75, 3.05) is 0 Å². The van der Waals surface area contributed by atoms with E-state index in [4.69, 9.17) is 47.8 Å². The number of hydrogen-bond donors (Lipinski definition) is 9. The van der Waals surface area contributed by atoms with Gasteiger partial charge in [-0.05, 0) is 0 Å². The van der Waals surface area contributed by atoms with Gasteiger partial charge in [-0.25, -0.2) is 0 Å². The highest BCUT2D eigenvalue weighted by Gasteiger charge is 2.15. The van der Waals surface area contributed by atoms with E-state index in [1.807, 2.05) is 0 Å². The number of nitrogens with two attached hydrogens (primary N) is 3. The molecule has 0 spiro atoms. The summed E-state index contributed by atoms with van der Waals surface area (Å²) in [5, 5.41) is 48.1. The first kappa shape index (κ1) is 28.5. The molecule has 0 aromatic carbocycles. The fraction of sp³-hybridized carbons (Fsp3) is 0.500. The molecule has 0 radical (unpaired) electrons. The van der Waals surface area contributed by atoms with Crippen LogP contribution < -0.4 is 17.2 Å². The highest BCUT2D eigenvalue weighted by Crippen LogP contribution is 1.87. The lowest BCUT2D eigenvalue weighted by molar-refractivity contribution is -0.144. The van der Waals surface area contributed by atoms with E-state index in [9.17, 15) is 28.8 Å². The number of carboxylic acid groups (broad SMARTS) is 6. The van der Waals surface area contributed by atoms with Crippen molar-refractivity contribution in [2.45, 2.75) is 37.4 Å². The van der Waals surface area contributed by atoms with Gasteiger partial charge < -0.3 is 47.8 Å². The maximum atomic E-state index is 9.85. The van der Waals surface area contributed by atoms with Crippen LogP contribution >= 0.6 is 0 Å². The van der Waals surface area contributed by atoms with Crippen molar-refractivity contribution >= 4 is 35.8 Å². The monoisotopic (exact) mass is 399 g/mol. The van der Waals surface area contributed by atoms with Crippen LogP contribution in [0.4, 0.5) is 0 Å². The molecule has 0 aliphatic carbocycles. The minimum atomic E-state index is -1.29. The molecule has 0 unspecified atom stereocenters. The quantitative estimate of drug-likeness (QED) is 0.182. The normalized spacial score (nSPS) is 12.6. The predicted molar refractivity (Wildman–Crippen MR) is 83.6 cm³/mol. The van der Waals surface area contributed by atoms with Crippen molar-refractivity contribution in [1.29, 1.82) is 0 Å². The molecule has 0 heterocycles. The van der Waals surface area contributed by atoms with Gasteiger partial charge in [0, 0.05) is 0 Å². The Labute approximate surface area is 151 Å². The summed E-state index contributed by atoms with van der Waals surface area (Å²) < 4.78 is 0. The molecular formula is C12H21N3O12. The Morgan fingerprint density at radius 1 is 0.481 bits per heavy atom. The van der Waals surface area contributed by atoms with Crippen LogP contribution in [0.3, 0.4) is 0 Å². The summed E-state index contributed by atoms with van der Waals surface area (Å²) in [6, 6.07) is -3.87. The van der Waals surface area contributed by atoms with Crippen molar-refractivity contribution in [2.24, 2.45) is 17.2 Å². The van der Waals surface area contributed by atoms with Gasteiger partial charge >= 0.3 is 35.8 Å². The second-order valence-corrected chi connectivity index (χ2v) is 4.63. The summed E-state index contributed by atoms with van der Waals surface area (Å²) in [6.07, 6.45) is -1.60. The van der Waals surface area contributed by atoms with Crippen molar-refractivity contribution in [3.63, 3.8) is 0 Å². The zero-order valence-corrected chi connectivity index (χ0v) is 13.7. The molecule has 156 valence electrons. The fourth-order valence-corrected chi connectivity index (χ4v) is 0.826. The van der Waals surface area contributed by atoms with E-state index in [0.29, 0.717) is 0 Å². The van der Waals surface area contributed by atoms with Gasteiger partial charge in [0.1, 0.15) is 18.1 Å². The minimum Gasteiger partial charge on any atom is -0.481 e. The van der Waals surface area contributed by atoms with Crippen LogP contribution in [0.25, 0.3) is 0 Å². The highest BCUT2D eigenvalue weighted by atomic mass is 16.4. The molecule has 0 aliphatic rings. The van der Waals surface area contributed by atoms with Gasteiger partial charge in [0.25, 0.3) is 0 Å². The van der Waals surface area contributed by atoms with Crippen LogP contribution in [0.2, 0.25) is 0 Å². The third-order valence-corrected chi connectivity index (χ3v) is 2.14. The Bertz CT molecular complexity index is 474. The zero-order chi connectivity index (χ0) is 22.3. The van der Waals surface area contributed by atoms with Crippen molar-refractivity contribution in [1.82, 2.24) is 0 Å². The topological polar surface area (TPSA) is 302 Å². The molecule has 0 aromatic heterocycles. The summed E-state index contributed by atoms with van der Waals surface area (Å²) in [6.45, 7) is 0. The van der Waals surface area contributed by atoms with E-state index in [1.54, 1.807) is 0 Å². The first-order valence-corrected chi connectivity index (χ1v) is 6.72. The van der Waals surface area contributed by atoms with Gasteiger partial charge in [0.05, 0.1) is 19.3 Å².